The van der Waals surface area contributed by atoms with Crippen molar-refractivity contribution < 1.29 is 9.18 Å². The molecule has 0 bridgehead atoms. The highest BCUT2D eigenvalue weighted by Crippen LogP contribution is 2.44. The van der Waals surface area contributed by atoms with E-state index in [0.717, 1.165) is 29.9 Å². The lowest BCUT2D eigenvalue weighted by molar-refractivity contribution is -0.124. The van der Waals surface area contributed by atoms with Crippen molar-refractivity contribution >= 4 is 39.0 Å². The van der Waals surface area contributed by atoms with Crippen LogP contribution in [0.2, 0.25) is 5.15 Å². The second kappa shape index (κ2) is 11.3. The van der Waals surface area contributed by atoms with Gasteiger partial charge in [0.1, 0.15) is 10.9 Å². The van der Waals surface area contributed by atoms with Crippen LogP contribution in [-0.2, 0) is 4.79 Å². The first-order valence-electron chi connectivity index (χ1n) is 10.0. The molecule has 0 aromatic carbocycles. The Labute approximate surface area is 195 Å². The van der Waals surface area contributed by atoms with Gasteiger partial charge in [-0.3, -0.25) is 9.69 Å². The Bertz CT molecular complexity index is 912. The molecule has 1 aromatic rings. The molecule has 164 valence electrons. The van der Waals surface area contributed by atoms with E-state index in [4.69, 9.17) is 11.6 Å². The van der Waals surface area contributed by atoms with Gasteiger partial charge < -0.3 is 0 Å². The number of aromatic nitrogens is 2. The SMILES string of the molecule is C=C/C=C1\C(SSc2ccc(Cl)nn2)CCN(C/C(C=C)=C(\F)C=C)C1C(=O)C1CC1. The monoisotopic (exact) mass is 477 g/mol. The normalized spacial score (nSPS) is 23.9. The maximum atomic E-state index is 14.2. The number of nitrogens with zero attached hydrogens (tertiary/aromatic N) is 3. The Balaban J connectivity index is 1.84. The minimum Gasteiger partial charge on any atom is -0.297 e. The lowest BCUT2D eigenvalue weighted by Gasteiger charge is -2.40. The van der Waals surface area contributed by atoms with Gasteiger partial charge in [-0.05, 0) is 53.8 Å². The van der Waals surface area contributed by atoms with Gasteiger partial charge in [0.05, 0.1) is 6.04 Å². The zero-order valence-electron chi connectivity index (χ0n) is 17.2. The molecule has 1 aliphatic heterocycles. The Kier molecular flexibility index (Phi) is 8.72. The minimum absolute atomic E-state index is 0.0830. The number of carbonyl (C=O) groups is 1. The third kappa shape index (κ3) is 6.19. The van der Waals surface area contributed by atoms with Crippen LogP contribution < -0.4 is 0 Å². The summed E-state index contributed by atoms with van der Waals surface area (Å²) < 4.78 is 14.2. The molecule has 2 unspecified atom stereocenters. The van der Waals surface area contributed by atoms with Crippen LogP contribution in [0.4, 0.5) is 4.39 Å². The first-order chi connectivity index (χ1) is 15.0. The molecule has 2 heterocycles. The topological polar surface area (TPSA) is 46.1 Å². The Morgan fingerprint density at radius 3 is 2.58 bits per heavy atom. The van der Waals surface area contributed by atoms with Gasteiger partial charge in [-0.2, -0.15) is 0 Å². The van der Waals surface area contributed by atoms with E-state index < -0.39 is 11.9 Å². The van der Waals surface area contributed by atoms with E-state index in [-0.39, 0.29) is 17.0 Å². The van der Waals surface area contributed by atoms with E-state index in [0.29, 0.717) is 23.8 Å². The van der Waals surface area contributed by atoms with Crippen molar-refractivity contribution in [3.05, 3.63) is 78.3 Å². The lowest BCUT2D eigenvalue weighted by atomic mass is 9.89. The predicted molar refractivity (Wildman–Crippen MR) is 129 cm³/mol. The van der Waals surface area contributed by atoms with Gasteiger partial charge in [0.15, 0.2) is 10.9 Å². The molecular weight excluding hydrogens is 453 g/mol. The predicted octanol–water partition coefficient (Wildman–Crippen LogP) is 6.00. The van der Waals surface area contributed by atoms with Gasteiger partial charge >= 0.3 is 0 Å². The van der Waals surface area contributed by atoms with Gasteiger partial charge in [0.2, 0.25) is 0 Å². The second-order valence-corrected chi connectivity index (χ2v) is 10.2. The molecule has 4 nitrogen and oxygen atoms in total. The van der Waals surface area contributed by atoms with Crippen LogP contribution in [0.3, 0.4) is 0 Å². The fourth-order valence-corrected chi connectivity index (χ4v) is 6.12. The van der Waals surface area contributed by atoms with Crippen LogP contribution in [0.15, 0.2) is 78.2 Å². The number of ketones is 1. The van der Waals surface area contributed by atoms with E-state index in [1.54, 1.807) is 22.9 Å². The summed E-state index contributed by atoms with van der Waals surface area (Å²) in [5, 5.41) is 9.18. The number of Topliss-reactive ketones (excluding diaryl/α,β-unsaturated/α-hetero) is 1. The van der Waals surface area contributed by atoms with E-state index in [9.17, 15) is 9.18 Å². The molecule has 2 fully saturated rings. The van der Waals surface area contributed by atoms with Crippen molar-refractivity contribution in [1.82, 2.24) is 15.1 Å². The Hall–Kier alpha value is -1.67. The lowest BCUT2D eigenvalue weighted by Crippen LogP contribution is -2.50. The molecular formula is C23H25ClFN3OS2. The molecule has 0 N–H and O–H groups in total. The van der Waals surface area contributed by atoms with E-state index in [1.165, 1.54) is 22.9 Å². The first-order valence-corrected chi connectivity index (χ1v) is 12.6. The quantitative estimate of drug-likeness (QED) is 0.304. The standard InChI is InChI=1S/C23H25ClFN3OS2/c1-4-7-17-19(30-31-21-11-10-20(24)26-27-21)12-13-28(14-15(5-2)18(25)6-3)22(17)23(29)16-8-9-16/h4-7,10-11,16,19,22H,1-3,8-9,12-14H2/b17-7+,18-15-. The summed E-state index contributed by atoms with van der Waals surface area (Å²) in [6, 6.07) is 3.13. The number of rotatable bonds is 10. The minimum atomic E-state index is -0.407. The van der Waals surface area contributed by atoms with Crippen molar-refractivity contribution in [2.45, 2.75) is 35.6 Å². The molecule has 3 rings (SSSR count). The van der Waals surface area contributed by atoms with E-state index >= 15 is 0 Å². The Morgan fingerprint density at radius 2 is 2.00 bits per heavy atom. The third-order valence-electron chi connectivity index (χ3n) is 5.25. The maximum absolute atomic E-state index is 14.2. The number of likely N-dealkylation sites (tertiary alicyclic amines) is 1. The maximum Gasteiger partial charge on any atom is 0.157 e. The van der Waals surface area contributed by atoms with Crippen molar-refractivity contribution in [2.75, 3.05) is 13.1 Å². The van der Waals surface area contributed by atoms with Gasteiger partial charge in [0, 0.05) is 29.8 Å². The highest BCUT2D eigenvalue weighted by Gasteiger charge is 2.43. The number of piperidine rings is 1. The summed E-state index contributed by atoms with van der Waals surface area (Å²) in [6.07, 6.45) is 8.99. The van der Waals surface area contributed by atoms with Crippen LogP contribution in [0.5, 0.6) is 0 Å². The number of hydrogen-bond acceptors (Lipinski definition) is 6. The van der Waals surface area contributed by atoms with Crippen LogP contribution in [-0.4, -0.2) is 45.3 Å². The largest absolute Gasteiger partial charge is 0.297 e. The van der Waals surface area contributed by atoms with Gasteiger partial charge in [0.25, 0.3) is 0 Å². The zero-order chi connectivity index (χ0) is 22.4. The fraction of sp³-hybridized carbons (Fsp3) is 0.348. The molecule has 2 atom stereocenters. The fourth-order valence-electron chi connectivity index (χ4n) is 3.55. The number of allylic oxidation sites excluding steroid dienone is 4. The van der Waals surface area contributed by atoms with E-state index in [1.807, 2.05) is 12.1 Å². The van der Waals surface area contributed by atoms with Crippen molar-refractivity contribution in [2.24, 2.45) is 5.92 Å². The highest BCUT2D eigenvalue weighted by atomic mass is 35.5. The summed E-state index contributed by atoms with van der Waals surface area (Å²) in [5.74, 6) is -0.119. The van der Waals surface area contributed by atoms with Gasteiger partial charge in [-0.15, -0.1) is 10.2 Å². The van der Waals surface area contributed by atoms with Gasteiger partial charge in [-0.25, -0.2) is 4.39 Å². The third-order valence-corrected chi connectivity index (χ3v) is 8.18. The molecule has 1 aliphatic carbocycles. The zero-order valence-corrected chi connectivity index (χ0v) is 19.6. The molecule has 1 saturated heterocycles. The average molecular weight is 478 g/mol. The van der Waals surface area contributed by atoms with Crippen LogP contribution in [0, 0.1) is 5.92 Å². The van der Waals surface area contributed by atoms with Gasteiger partial charge in [-0.1, -0.05) is 60.4 Å². The molecule has 0 spiro atoms. The van der Waals surface area contributed by atoms with Crippen LogP contribution >= 0.6 is 33.2 Å². The molecule has 8 heteroatoms. The Morgan fingerprint density at radius 1 is 1.23 bits per heavy atom. The summed E-state index contributed by atoms with van der Waals surface area (Å²) in [7, 11) is 3.16. The molecule has 31 heavy (non-hydrogen) atoms. The number of halogens is 2. The molecule has 2 aliphatic rings. The van der Waals surface area contributed by atoms with Crippen molar-refractivity contribution in [1.29, 1.82) is 0 Å². The number of hydrogen-bond donors (Lipinski definition) is 0. The summed E-state index contributed by atoms with van der Waals surface area (Å²) >= 11 is 5.82. The summed E-state index contributed by atoms with van der Waals surface area (Å²) in [4.78, 5) is 15.4. The van der Waals surface area contributed by atoms with E-state index in [2.05, 4.69) is 34.8 Å². The van der Waals surface area contributed by atoms with Crippen molar-refractivity contribution in [3.63, 3.8) is 0 Å². The van der Waals surface area contributed by atoms with Crippen molar-refractivity contribution in [3.8, 4) is 0 Å². The number of carbonyl (C=O) groups excluding carboxylic acids is 1. The summed E-state index contributed by atoms with van der Waals surface area (Å²) in [6.45, 7) is 12.1. The molecule has 0 amide bonds. The van der Waals surface area contributed by atoms with Crippen LogP contribution in [0.25, 0.3) is 0 Å². The average Bonchev–Trinajstić information content (AvgIpc) is 3.62. The molecule has 1 aromatic heterocycles. The highest BCUT2D eigenvalue weighted by molar-refractivity contribution is 8.77. The van der Waals surface area contributed by atoms with Crippen LogP contribution in [0.1, 0.15) is 19.3 Å². The summed E-state index contributed by atoms with van der Waals surface area (Å²) in [5.41, 5.74) is 1.44. The first kappa shape index (κ1) is 24.0. The second-order valence-electron chi connectivity index (χ2n) is 7.38. The molecule has 0 radical (unpaired) electrons. The smallest absolute Gasteiger partial charge is 0.157 e. The molecule has 1 saturated carbocycles.